The van der Waals surface area contributed by atoms with Gasteiger partial charge in [-0.2, -0.15) is 4.31 Å². The van der Waals surface area contributed by atoms with E-state index in [1.807, 2.05) is 6.92 Å². The average Bonchev–Trinajstić information content (AvgIpc) is 2.65. The molecule has 2 N–H and O–H groups in total. The van der Waals surface area contributed by atoms with E-state index in [9.17, 15) is 8.42 Å². The maximum absolute atomic E-state index is 12.6. The Balaban J connectivity index is 2.46. The molecule has 6 heteroatoms. The van der Waals surface area contributed by atoms with Crippen LogP contribution in [-0.2, 0) is 10.0 Å². The third kappa shape index (κ3) is 2.59. The average molecular weight is 303 g/mol. The smallest absolute Gasteiger partial charge is 0.243 e. The Morgan fingerprint density at radius 2 is 2.00 bits per heavy atom. The zero-order chi connectivity index (χ0) is 14.4. The molecule has 1 saturated heterocycles. The van der Waals surface area contributed by atoms with Crippen LogP contribution in [0.15, 0.2) is 17.0 Å². The molecule has 1 aliphatic rings. The van der Waals surface area contributed by atoms with E-state index >= 15 is 0 Å². The van der Waals surface area contributed by atoms with Crippen LogP contribution >= 0.6 is 11.6 Å². The van der Waals surface area contributed by atoms with Gasteiger partial charge in [0.25, 0.3) is 0 Å². The van der Waals surface area contributed by atoms with E-state index in [1.165, 1.54) is 6.07 Å². The van der Waals surface area contributed by atoms with E-state index in [-0.39, 0.29) is 10.9 Å². The molecule has 106 valence electrons. The van der Waals surface area contributed by atoms with E-state index in [1.54, 1.807) is 17.3 Å². The second kappa shape index (κ2) is 4.96. The molecule has 1 heterocycles. The Hall–Kier alpha value is -0.780. The van der Waals surface area contributed by atoms with Gasteiger partial charge in [-0.05, 0) is 43.9 Å². The molecular weight excluding hydrogens is 284 g/mol. The Labute approximate surface area is 119 Å². The number of hydrogen-bond donors (Lipinski definition) is 1. The van der Waals surface area contributed by atoms with Gasteiger partial charge in [-0.15, -0.1) is 0 Å². The fourth-order valence-electron chi connectivity index (χ4n) is 2.64. The van der Waals surface area contributed by atoms with Crippen molar-refractivity contribution >= 4 is 27.3 Å². The second-order valence-corrected chi connectivity index (χ2v) is 7.68. The summed E-state index contributed by atoms with van der Waals surface area (Å²) in [5.41, 5.74) is 6.75. The first-order chi connectivity index (χ1) is 8.73. The number of sulfonamides is 1. The number of aryl methyl sites for hydroxylation is 1. The number of benzene rings is 1. The summed E-state index contributed by atoms with van der Waals surface area (Å²) in [7, 11) is -3.49. The van der Waals surface area contributed by atoms with Crippen molar-refractivity contribution in [2.75, 3.05) is 12.3 Å². The number of nitrogens with zero attached hydrogens (tertiary/aromatic N) is 1. The van der Waals surface area contributed by atoms with Crippen LogP contribution in [0, 0.1) is 12.8 Å². The molecular formula is C13H19ClN2O2S. The Bertz CT molecular complexity index is 578. The second-order valence-electron chi connectivity index (χ2n) is 5.41. The van der Waals surface area contributed by atoms with E-state index in [0.717, 1.165) is 6.42 Å². The van der Waals surface area contributed by atoms with Crippen LogP contribution in [0.1, 0.15) is 25.8 Å². The minimum absolute atomic E-state index is 0.0252. The SMILES string of the molecule is Cc1cc(S(=O)(=O)N2CC(C)CC2C)cc(N)c1Cl. The van der Waals surface area contributed by atoms with Crippen molar-refractivity contribution in [3.8, 4) is 0 Å². The maximum atomic E-state index is 12.6. The predicted molar refractivity (Wildman–Crippen MR) is 77.7 cm³/mol. The summed E-state index contributed by atoms with van der Waals surface area (Å²) in [6.07, 6.45) is 0.890. The van der Waals surface area contributed by atoms with Gasteiger partial charge in [0, 0.05) is 12.6 Å². The zero-order valence-electron chi connectivity index (χ0n) is 11.4. The molecule has 0 spiro atoms. The molecule has 1 aliphatic heterocycles. The van der Waals surface area contributed by atoms with Gasteiger partial charge in [0.1, 0.15) is 0 Å². The summed E-state index contributed by atoms with van der Waals surface area (Å²) < 4.78 is 26.8. The summed E-state index contributed by atoms with van der Waals surface area (Å²) in [5, 5.41) is 0.418. The van der Waals surface area contributed by atoms with Gasteiger partial charge in [-0.1, -0.05) is 18.5 Å². The lowest BCUT2D eigenvalue weighted by Gasteiger charge is -2.21. The Morgan fingerprint density at radius 1 is 1.37 bits per heavy atom. The lowest BCUT2D eigenvalue weighted by atomic mass is 10.1. The summed E-state index contributed by atoms with van der Waals surface area (Å²) in [6, 6.07) is 3.06. The molecule has 2 unspecified atom stereocenters. The van der Waals surface area contributed by atoms with Gasteiger partial charge < -0.3 is 5.73 Å². The molecule has 0 saturated carbocycles. The Kier molecular flexibility index (Phi) is 3.82. The van der Waals surface area contributed by atoms with Gasteiger partial charge in [-0.3, -0.25) is 0 Å². The minimum atomic E-state index is -3.49. The fourth-order valence-corrected chi connectivity index (χ4v) is 4.64. The summed E-state index contributed by atoms with van der Waals surface area (Å²) in [6.45, 7) is 6.32. The van der Waals surface area contributed by atoms with Crippen molar-refractivity contribution in [3.63, 3.8) is 0 Å². The highest BCUT2D eigenvalue weighted by Gasteiger charge is 2.36. The lowest BCUT2D eigenvalue weighted by Crippen LogP contribution is -2.34. The zero-order valence-corrected chi connectivity index (χ0v) is 12.9. The van der Waals surface area contributed by atoms with Gasteiger partial charge in [0.05, 0.1) is 15.6 Å². The van der Waals surface area contributed by atoms with Gasteiger partial charge in [0.15, 0.2) is 0 Å². The first-order valence-corrected chi connectivity index (χ1v) is 8.12. The van der Waals surface area contributed by atoms with Crippen molar-refractivity contribution in [2.24, 2.45) is 5.92 Å². The van der Waals surface area contributed by atoms with Crippen LogP contribution in [-0.4, -0.2) is 25.3 Å². The molecule has 2 atom stereocenters. The third-order valence-electron chi connectivity index (χ3n) is 3.59. The van der Waals surface area contributed by atoms with E-state index < -0.39 is 10.0 Å². The number of rotatable bonds is 2. The molecule has 1 fully saturated rings. The predicted octanol–water partition coefficient (Wildman–Crippen LogP) is 2.65. The molecule has 0 bridgehead atoms. The maximum Gasteiger partial charge on any atom is 0.243 e. The summed E-state index contributed by atoms with van der Waals surface area (Å²) in [4.78, 5) is 0.229. The molecule has 0 aromatic heterocycles. The summed E-state index contributed by atoms with van der Waals surface area (Å²) in [5.74, 6) is 0.385. The monoisotopic (exact) mass is 302 g/mol. The topological polar surface area (TPSA) is 63.4 Å². The van der Waals surface area contributed by atoms with Crippen molar-refractivity contribution < 1.29 is 8.42 Å². The molecule has 1 aromatic carbocycles. The highest BCUT2D eigenvalue weighted by molar-refractivity contribution is 7.89. The molecule has 0 aliphatic carbocycles. The van der Waals surface area contributed by atoms with Crippen LogP contribution < -0.4 is 5.73 Å². The lowest BCUT2D eigenvalue weighted by molar-refractivity contribution is 0.405. The largest absolute Gasteiger partial charge is 0.397 e. The fraction of sp³-hybridized carbons (Fsp3) is 0.538. The standard InChI is InChI=1S/C13H19ClN2O2S/c1-8-4-10(3)16(7-8)19(17,18)11-5-9(2)13(14)12(15)6-11/h5-6,8,10H,4,7,15H2,1-3H3. The van der Waals surface area contributed by atoms with Crippen molar-refractivity contribution in [2.45, 2.75) is 38.1 Å². The quantitative estimate of drug-likeness (QED) is 0.854. The van der Waals surface area contributed by atoms with Crippen LogP contribution in [0.25, 0.3) is 0 Å². The van der Waals surface area contributed by atoms with Gasteiger partial charge in [-0.25, -0.2) is 8.42 Å². The molecule has 2 rings (SSSR count). The number of anilines is 1. The third-order valence-corrected chi connectivity index (χ3v) is 6.06. The molecule has 19 heavy (non-hydrogen) atoms. The number of nitrogen functional groups attached to an aromatic ring is 1. The number of nitrogens with two attached hydrogens (primary N) is 1. The van der Waals surface area contributed by atoms with E-state index in [4.69, 9.17) is 17.3 Å². The minimum Gasteiger partial charge on any atom is -0.397 e. The molecule has 4 nitrogen and oxygen atoms in total. The van der Waals surface area contributed by atoms with Crippen molar-refractivity contribution in [3.05, 3.63) is 22.7 Å². The van der Waals surface area contributed by atoms with E-state index in [2.05, 4.69) is 6.92 Å². The van der Waals surface area contributed by atoms with Crippen LogP contribution in [0.3, 0.4) is 0 Å². The molecule has 0 amide bonds. The number of halogens is 1. The highest BCUT2D eigenvalue weighted by Crippen LogP contribution is 2.32. The van der Waals surface area contributed by atoms with Gasteiger partial charge in [0.2, 0.25) is 10.0 Å². The molecule has 1 aromatic rings. The van der Waals surface area contributed by atoms with E-state index in [0.29, 0.717) is 28.7 Å². The Morgan fingerprint density at radius 3 is 2.47 bits per heavy atom. The first-order valence-electron chi connectivity index (χ1n) is 6.31. The van der Waals surface area contributed by atoms with Crippen LogP contribution in [0.5, 0.6) is 0 Å². The van der Waals surface area contributed by atoms with Crippen LogP contribution in [0.2, 0.25) is 5.02 Å². The van der Waals surface area contributed by atoms with Gasteiger partial charge >= 0.3 is 0 Å². The number of hydrogen-bond acceptors (Lipinski definition) is 3. The van der Waals surface area contributed by atoms with Crippen molar-refractivity contribution in [1.82, 2.24) is 4.31 Å². The van der Waals surface area contributed by atoms with Crippen molar-refractivity contribution in [1.29, 1.82) is 0 Å². The summed E-state index contributed by atoms with van der Waals surface area (Å²) >= 11 is 5.98. The normalized spacial score (nSPS) is 24.8. The van der Waals surface area contributed by atoms with Crippen LogP contribution in [0.4, 0.5) is 5.69 Å². The highest BCUT2D eigenvalue weighted by atomic mass is 35.5. The molecule has 0 radical (unpaired) electrons. The first kappa shape index (κ1) is 14.6.